The Bertz CT molecular complexity index is 832. The van der Waals surface area contributed by atoms with Gasteiger partial charge in [0.05, 0.1) is 15.0 Å². The zero-order valence-electron chi connectivity index (χ0n) is 9.39. The maximum absolute atomic E-state index is 4.51. The van der Waals surface area contributed by atoms with Gasteiger partial charge in [-0.05, 0) is 24.3 Å². The summed E-state index contributed by atoms with van der Waals surface area (Å²) >= 11 is 1.65. The van der Waals surface area contributed by atoms with Crippen molar-refractivity contribution in [1.82, 2.24) is 15.1 Å². The fourth-order valence-corrected chi connectivity index (χ4v) is 2.91. The van der Waals surface area contributed by atoms with Crippen LogP contribution in [0.25, 0.3) is 20.9 Å². The molecule has 0 bridgehead atoms. The quantitative estimate of drug-likeness (QED) is 0.487. The summed E-state index contributed by atoms with van der Waals surface area (Å²) < 4.78 is 3.08. The molecule has 18 heavy (non-hydrogen) atoms. The first kappa shape index (κ1) is 9.73. The van der Waals surface area contributed by atoms with Crippen LogP contribution >= 0.6 is 11.3 Å². The van der Waals surface area contributed by atoms with E-state index in [1.165, 1.54) is 4.70 Å². The number of para-hydroxylation sites is 2. The molecule has 2 aromatic heterocycles. The van der Waals surface area contributed by atoms with E-state index in [1.54, 1.807) is 16.1 Å². The van der Waals surface area contributed by atoms with Crippen molar-refractivity contribution in [1.29, 1.82) is 0 Å². The van der Waals surface area contributed by atoms with Gasteiger partial charge in [-0.25, -0.2) is 0 Å². The van der Waals surface area contributed by atoms with Crippen LogP contribution in [0.2, 0.25) is 0 Å². The van der Waals surface area contributed by atoms with Gasteiger partial charge in [-0.15, -0.1) is 0 Å². The number of thiazole rings is 1. The Balaban J connectivity index is 2.00. The minimum atomic E-state index is 0.903. The Morgan fingerprint density at radius 1 is 0.944 bits per heavy atom. The predicted molar refractivity (Wildman–Crippen MR) is 69.9 cm³/mol. The summed E-state index contributed by atoms with van der Waals surface area (Å²) in [7, 11) is 0. The zero-order valence-corrected chi connectivity index (χ0v) is 10.2. The third-order valence-corrected chi connectivity index (χ3v) is 3.82. The van der Waals surface area contributed by atoms with Crippen molar-refractivity contribution in [3.05, 3.63) is 54.6 Å². The maximum Gasteiger partial charge on any atom is 0.385 e. The summed E-state index contributed by atoms with van der Waals surface area (Å²) in [5.74, 6) is 0. The smallest absolute Gasteiger partial charge is 0.0870 e. The molecule has 0 spiro atoms. The summed E-state index contributed by atoms with van der Waals surface area (Å²) in [6.45, 7) is 0. The Morgan fingerprint density at radius 2 is 1.72 bits per heavy atom. The Hall–Kier alpha value is -2.27. The van der Waals surface area contributed by atoms with E-state index in [2.05, 4.69) is 22.4 Å². The van der Waals surface area contributed by atoms with Crippen LogP contribution in [0.1, 0.15) is 0 Å². The van der Waals surface area contributed by atoms with Crippen molar-refractivity contribution in [3.8, 4) is 5.69 Å². The Kier molecular flexibility index (Phi) is 1.95. The molecular weight excluding hydrogens is 244 g/mol. The Morgan fingerprint density at radius 3 is 2.61 bits per heavy atom. The highest BCUT2D eigenvalue weighted by atomic mass is 32.1. The third-order valence-electron chi connectivity index (χ3n) is 2.82. The molecule has 0 amide bonds. The van der Waals surface area contributed by atoms with Crippen LogP contribution in [0.15, 0.2) is 54.6 Å². The second-order valence-electron chi connectivity index (χ2n) is 3.98. The van der Waals surface area contributed by atoms with Crippen LogP contribution in [-0.2, 0) is 0 Å². The minimum Gasteiger partial charge on any atom is -0.0870 e. The SMILES string of the molecule is c1ccc(-n2nc3sc4ccccc4[n+]3n2)cc1. The highest BCUT2D eigenvalue weighted by Crippen LogP contribution is 2.19. The van der Waals surface area contributed by atoms with Crippen molar-refractivity contribution in [2.75, 3.05) is 0 Å². The number of tetrazole rings is 1. The van der Waals surface area contributed by atoms with Crippen LogP contribution in [0, 0.1) is 0 Å². The average Bonchev–Trinajstić information content (AvgIpc) is 2.97. The number of aromatic nitrogens is 4. The van der Waals surface area contributed by atoms with E-state index in [0.717, 1.165) is 16.2 Å². The van der Waals surface area contributed by atoms with Gasteiger partial charge >= 0.3 is 4.96 Å². The first-order chi connectivity index (χ1) is 8.92. The zero-order chi connectivity index (χ0) is 11.9. The fraction of sp³-hybridized carbons (Fsp3) is 0. The summed E-state index contributed by atoms with van der Waals surface area (Å²) in [4.78, 5) is 2.57. The van der Waals surface area contributed by atoms with Crippen LogP contribution in [0.3, 0.4) is 0 Å². The number of benzene rings is 2. The molecule has 0 saturated heterocycles. The van der Waals surface area contributed by atoms with Gasteiger partial charge < -0.3 is 0 Å². The highest BCUT2D eigenvalue weighted by molar-refractivity contribution is 7.22. The van der Waals surface area contributed by atoms with E-state index in [1.807, 2.05) is 47.0 Å². The second kappa shape index (κ2) is 3.61. The molecule has 86 valence electrons. The van der Waals surface area contributed by atoms with Gasteiger partial charge in [0.15, 0.2) is 5.69 Å². The topological polar surface area (TPSA) is 34.8 Å². The Labute approximate surface area is 107 Å². The molecule has 2 aromatic carbocycles. The normalized spacial score (nSPS) is 11.3. The van der Waals surface area contributed by atoms with Gasteiger partial charge in [0.1, 0.15) is 5.52 Å². The van der Waals surface area contributed by atoms with Gasteiger partial charge in [0.25, 0.3) is 0 Å². The number of hydrogen-bond donors (Lipinski definition) is 0. The molecule has 4 rings (SSSR count). The van der Waals surface area contributed by atoms with Crippen molar-refractivity contribution < 1.29 is 4.52 Å². The number of hydrogen-bond acceptors (Lipinski definition) is 3. The van der Waals surface area contributed by atoms with E-state index in [0.29, 0.717) is 0 Å². The molecule has 0 N–H and O–H groups in total. The molecule has 4 aromatic rings. The number of fused-ring (bicyclic) bond motifs is 3. The van der Waals surface area contributed by atoms with Crippen molar-refractivity contribution in [3.63, 3.8) is 0 Å². The molecule has 0 unspecified atom stereocenters. The van der Waals surface area contributed by atoms with E-state index >= 15 is 0 Å². The number of rotatable bonds is 1. The monoisotopic (exact) mass is 253 g/mol. The highest BCUT2D eigenvalue weighted by Gasteiger charge is 2.18. The summed E-state index contributed by atoms with van der Waals surface area (Å²) in [6.07, 6.45) is 0. The van der Waals surface area contributed by atoms with Crippen LogP contribution in [0.4, 0.5) is 0 Å². The molecular formula is C13H9N4S+. The van der Waals surface area contributed by atoms with Crippen LogP contribution in [0.5, 0.6) is 0 Å². The van der Waals surface area contributed by atoms with E-state index in [-0.39, 0.29) is 0 Å². The fourth-order valence-electron chi connectivity index (χ4n) is 1.97. The first-order valence-electron chi connectivity index (χ1n) is 5.64. The van der Waals surface area contributed by atoms with Gasteiger partial charge in [-0.2, -0.15) is 0 Å². The van der Waals surface area contributed by atoms with Gasteiger partial charge in [-0.3, -0.25) is 0 Å². The van der Waals surface area contributed by atoms with Gasteiger partial charge in [0.2, 0.25) is 0 Å². The van der Waals surface area contributed by atoms with Crippen LogP contribution in [-0.4, -0.2) is 15.1 Å². The average molecular weight is 253 g/mol. The van der Waals surface area contributed by atoms with Crippen molar-refractivity contribution >= 4 is 26.5 Å². The summed E-state index contributed by atoms with van der Waals surface area (Å²) in [5, 5.41) is 9.01. The minimum absolute atomic E-state index is 0.903. The molecule has 0 fully saturated rings. The standard InChI is InChI=1S/C13H9N4S/c1-2-6-10(7-3-1)17-14-13-16(15-17)11-8-4-5-9-12(11)18-13/h1-9H/q+1. The lowest BCUT2D eigenvalue weighted by molar-refractivity contribution is -0.552. The molecule has 0 aliphatic carbocycles. The molecule has 0 aliphatic rings. The maximum atomic E-state index is 4.51. The molecule has 0 atom stereocenters. The largest absolute Gasteiger partial charge is 0.385 e. The first-order valence-corrected chi connectivity index (χ1v) is 6.46. The lowest BCUT2D eigenvalue weighted by Gasteiger charge is -1.88. The van der Waals surface area contributed by atoms with Crippen molar-refractivity contribution in [2.24, 2.45) is 0 Å². The van der Waals surface area contributed by atoms with Gasteiger partial charge in [-0.1, -0.05) is 46.2 Å². The lowest BCUT2D eigenvalue weighted by atomic mass is 10.3. The molecule has 0 aliphatic heterocycles. The van der Waals surface area contributed by atoms with Crippen molar-refractivity contribution in [2.45, 2.75) is 0 Å². The summed E-state index contributed by atoms with van der Waals surface area (Å²) in [6, 6.07) is 18.1. The van der Waals surface area contributed by atoms with E-state index in [4.69, 9.17) is 0 Å². The molecule has 5 heteroatoms. The van der Waals surface area contributed by atoms with E-state index < -0.39 is 0 Å². The lowest BCUT2D eigenvalue weighted by Crippen LogP contribution is -2.22. The van der Waals surface area contributed by atoms with Gasteiger partial charge in [0, 0.05) is 4.80 Å². The predicted octanol–water partition coefficient (Wildman–Crippen LogP) is 2.22. The molecule has 2 heterocycles. The summed E-state index contributed by atoms with van der Waals surface area (Å²) in [5.41, 5.74) is 2.07. The molecule has 0 saturated carbocycles. The van der Waals surface area contributed by atoms with E-state index in [9.17, 15) is 0 Å². The molecule has 0 radical (unpaired) electrons. The second-order valence-corrected chi connectivity index (χ2v) is 4.99. The third kappa shape index (κ3) is 1.34. The molecule has 4 nitrogen and oxygen atoms in total. The van der Waals surface area contributed by atoms with Crippen LogP contribution < -0.4 is 4.52 Å². The number of nitrogens with zero attached hydrogens (tertiary/aromatic N) is 4.